The number of halogens is 1. The van der Waals surface area contributed by atoms with Crippen LogP contribution in [0, 0.1) is 5.82 Å². The maximum atomic E-state index is 13.0. The van der Waals surface area contributed by atoms with Gasteiger partial charge in [-0.1, -0.05) is 12.1 Å². The van der Waals surface area contributed by atoms with Gasteiger partial charge in [-0.3, -0.25) is 9.48 Å². The van der Waals surface area contributed by atoms with Gasteiger partial charge in [0.05, 0.1) is 12.1 Å². The lowest BCUT2D eigenvalue weighted by Crippen LogP contribution is -2.41. The van der Waals surface area contributed by atoms with E-state index in [0.717, 1.165) is 30.7 Å². The lowest BCUT2D eigenvalue weighted by molar-refractivity contribution is -0.133. The molecule has 0 saturated carbocycles. The van der Waals surface area contributed by atoms with Crippen LogP contribution in [0.4, 0.5) is 4.39 Å². The van der Waals surface area contributed by atoms with Crippen LogP contribution in [0.1, 0.15) is 36.0 Å². The van der Waals surface area contributed by atoms with Crippen molar-refractivity contribution in [2.24, 2.45) is 0 Å². The van der Waals surface area contributed by atoms with Gasteiger partial charge in [-0.2, -0.15) is 5.10 Å². The zero-order valence-corrected chi connectivity index (χ0v) is 14.9. The lowest BCUT2D eigenvalue weighted by Gasteiger charge is -2.31. The molecule has 1 fully saturated rings. The van der Waals surface area contributed by atoms with Gasteiger partial charge in [0.25, 0.3) is 0 Å². The van der Waals surface area contributed by atoms with Gasteiger partial charge in [0.1, 0.15) is 18.1 Å². The molecule has 1 aliphatic heterocycles. The average molecular weight is 368 g/mol. The molecule has 1 atom stereocenters. The molecule has 7 heteroatoms. The number of carbonyl (C=O) groups is 1. The summed E-state index contributed by atoms with van der Waals surface area (Å²) in [4.78, 5) is 18.8. The van der Waals surface area contributed by atoms with Gasteiger partial charge in [-0.05, 0) is 36.6 Å². The molecule has 0 radical (unpaired) electrons. The number of nitrogens with zero attached hydrogens (tertiary/aromatic N) is 4. The van der Waals surface area contributed by atoms with Crippen molar-refractivity contribution >= 4 is 5.91 Å². The lowest BCUT2D eigenvalue weighted by atomic mass is 9.98. The Hall–Kier alpha value is -2.96. The molecule has 27 heavy (non-hydrogen) atoms. The van der Waals surface area contributed by atoms with E-state index in [9.17, 15) is 9.18 Å². The molecule has 2 aromatic heterocycles. The normalized spacial score (nSPS) is 17.2. The fourth-order valence-corrected chi connectivity index (χ4v) is 3.43. The number of rotatable bonds is 5. The molecule has 1 amide bonds. The summed E-state index contributed by atoms with van der Waals surface area (Å²) in [6.45, 7) is 1.61. The Morgan fingerprint density at radius 1 is 1.30 bits per heavy atom. The molecule has 0 N–H and O–H groups in total. The fourth-order valence-electron chi connectivity index (χ4n) is 3.43. The van der Waals surface area contributed by atoms with E-state index in [1.807, 2.05) is 11.0 Å². The number of hydrogen-bond acceptors (Lipinski definition) is 4. The number of hydrogen-bond donors (Lipinski definition) is 0. The van der Waals surface area contributed by atoms with Crippen molar-refractivity contribution in [3.05, 3.63) is 72.0 Å². The molecule has 140 valence electrons. The van der Waals surface area contributed by atoms with Crippen LogP contribution in [0.2, 0.25) is 0 Å². The molecule has 0 bridgehead atoms. The number of carbonyl (C=O) groups excluding carboxylic acids is 1. The summed E-state index contributed by atoms with van der Waals surface area (Å²) in [7, 11) is 0. The number of benzene rings is 1. The predicted molar refractivity (Wildman–Crippen MR) is 96.5 cm³/mol. The Labute approximate surface area is 156 Å². The van der Waals surface area contributed by atoms with E-state index in [0.29, 0.717) is 18.9 Å². The third kappa shape index (κ3) is 4.24. The Morgan fingerprint density at radius 2 is 2.15 bits per heavy atom. The van der Waals surface area contributed by atoms with E-state index in [1.54, 1.807) is 35.4 Å². The quantitative estimate of drug-likeness (QED) is 0.694. The van der Waals surface area contributed by atoms with Crippen molar-refractivity contribution in [1.29, 1.82) is 0 Å². The largest absolute Gasteiger partial charge is 0.445 e. The summed E-state index contributed by atoms with van der Waals surface area (Å²) in [5.74, 6) is 1.32. The van der Waals surface area contributed by atoms with Crippen LogP contribution < -0.4 is 0 Å². The van der Waals surface area contributed by atoms with Crippen LogP contribution in [-0.2, 0) is 17.8 Å². The first-order valence-corrected chi connectivity index (χ1v) is 9.11. The minimum Gasteiger partial charge on any atom is -0.445 e. The van der Waals surface area contributed by atoms with Crippen molar-refractivity contribution in [1.82, 2.24) is 19.7 Å². The van der Waals surface area contributed by atoms with Gasteiger partial charge >= 0.3 is 0 Å². The van der Waals surface area contributed by atoms with E-state index in [2.05, 4.69) is 10.1 Å². The first kappa shape index (κ1) is 17.5. The van der Waals surface area contributed by atoms with Crippen LogP contribution in [0.5, 0.6) is 0 Å². The third-order valence-corrected chi connectivity index (χ3v) is 4.84. The number of likely N-dealkylation sites (tertiary alicyclic amines) is 1. The minimum atomic E-state index is -0.251. The summed E-state index contributed by atoms with van der Waals surface area (Å²) in [6.07, 6.45) is 7.62. The molecule has 1 aromatic carbocycles. The molecular weight excluding hydrogens is 347 g/mol. The predicted octanol–water partition coefficient (Wildman–Crippen LogP) is 3.01. The first-order valence-electron chi connectivity index (χ1n) is 9.11. The second-order valence-electron chi connectivity index (χ2n) is 6.85. The van der Waals surface area contributed by atoms with Crippen LogP contribution in [-0.4, -0.2) is 38.7 Å². The molecule has 0 aliphatic carbocycles. The number of piperidine rings is 1. The van der Waals surface area contributed by atoms with E-state index in [-0.39, 0.29) is 24.2 Å². The Kier molecular flexibility index (Phi) is 5.00. The zero-order chi connectivity index (χ0) is 18.6. The summed E-state index contributed by atoms with van der Waals surface area (Å²) in [5.41, 5.74) is 0.971. The number of amides is 1. The van der Waals surface area contributed by atoms with Gasteiger partial charge in [0, 0.05) is 31.9 Å². The maximum Gasteiger partial charge on any atom is 0.244 e. The Bertz CT molecular complexity index is 889. The van der Waals surface area contributed by atoms with Crippen LogP contribution in [0.25, 0.3) is 0 Å². The van der Waals surface area contributed by atoms with Gasteiger partial charge in [0.15, 0.2) is 5.89 Å². The monoisotopic (exact) mass is 368 g/mol. The van der Waals surface area contributed by atoms with Crippen LogP contribution >= 0.6 is 0 Å². The van der Waals surface area contributed by atoms with E-state index < -0.39 is 0 Å². The van der Waals surface area contributed by atoms with E-state index >= 15 is 0 Å². The van der Waals surface area contributed by atoms with Crippen molar-refractivity contribution in [3.63, 3.8) is 0 Å². The minimum absolute atomic E-state index is 0.0569. The zero-order valence-electron chi connectivity index (χ0n) is 14.9. The van der Waals surface area contributed by atoms with Gasteiger partial charge in [0.2, 0.25) is 5.91 Å². The van der Waals surface area contributed by atoms with Gasteiger partial charge < -0.3 is 9.32 Å². The Balaban J connectivity index is 1.39. The number of aromatic nitrogens is 3. The van der Waals surface area contributed by atoms with Crippen molar-refractivity contribution in [3.8, 4) is 0 Å². The van der Waals surface area contributed by atoms with Crippen molar-refractivity contribution < 1.29 is 13.6 Å². The van der Waals surface area contributed by atoms with Gasteiger partial charge in [-0.25, -0.2) is 9.37 Å². The molecular formula is C20H21FN4O2. The number of oxazole rings is 1. The molecule has 6 nitrogen and oxygen atoms in total. The molecule has 0 unspecified atom stereocenters. The summed E-state index contributed by atoms with van der Waals surface area (Å²) >= 11 is 0. The average Bonchev–Trinajstić information content (AvgIpc) is 3.36. The molecule has 3 aromatic rings. The summed E-state index contributed by atoms with van der Waals surface area (Å²) in [6, 6.07) is 8.18. The van der Waals surface area contributed by atoms with Crippen molar-refractivity contribution in [2.75, 3.05) is 13.1 Å². The van der Waals surface area contributed by atoms with Gasteiger partial charge in [-0.15, -0.1) is 0 Å². The highest BCUT2D eigenvalue weighted by molar-refractivity contribution is 5.76. The molecule has 3 heterocycles. The Morgan fingerprint density at radius 3 is 2.93 bits per heavy atom. The summed E-state index contributed by atoms with van der Waals surface area (Å²) in [5, 5.41) is 4.09. The highest BCUT2D eigenvalue weighted by Crippen LogP contribution is 2.27. The molecule has 1 aliphatic rings. The molecule has 4 rings (SSSR count). The third-order valence-electron chi connectivity index (χ3n) is 4.84. The SMILES string of the molecule is O=C(Cn1cccn1)N1CCC[C@H](c2ncc(Cc3ccc(F)cc3)o2)C1. The second-order valence-corrected chi connectivity index (χ2v) is 6.85. The molecule has 0 spiro atoms. The van der Waals surface area contributed by atoms with E-state index in [4.69, 9.17) is 4.42 Å². The second kappa shape index (κ2) is 7.73. The summed E-state index contributed by atoms with van der Waals surface area (Å²) < 4.78 is 20.6. The fraction of sp³-hybridized carbons (Fsp3) is 0.350. The smallest absolute Gasteiger partial charge is 0.244 e. The van der Waals surface area contributed by atoms with Crippen molar-refractivity contribution in [2.45, 2.75) is 31.7 Å². The highest BCUT2D eigenvalue weighted by Gasteiger charge is 2.28. The maximum absolute atomic E-state index is 13.0. The van der Waals surface area contributed by atoms with Crippen LogP contribution in [0.15, 0.2) is 53.3 Å². The molecule has 1 saturated heterocycles. The van der Waals surface area contributed by atoms with Crippen LogP contribution in [0.3, 0.4) is 0 Å². The topological polar surface area (TPSA) is 64.2 Å². The standard InChI is InChI=1S/C20H21FN4O2/c21-17-6-4-15(5-7-17)11-18-12-22-20(27-18)16-3-1-9-24(13-16)19(26)14-25-10-2-8-23-25/h2,4-8,10,12,16H,1,3,9,11,13-14H2/t16-/m0/s1. The first-order chi connectivity index (χ1) is 13.2. The van der Waals surface area contributed by atoms with E-state index in [1.165, 1.54) is 12.1 Å². The highest BCUT2D eigenvalue weighted by atomic mass is 19.1.